The van der Waals surface area contributed by atoms with E-state index < -0.39 is 0 Å². The third-order valence-electron chi connectivity index (χ3n) is 3.76. The Morgan fingerprint density at radius 3 is 2.62 bits per heavy atom. The quantitative estimate of drug-likeness (QED) is 0.754. The number of likely N-dealkylation sites (N-methyl/N-ethyl adjacent to an activating group) is 1. The minimum atomic E-state index is 0.0170. The first kappa shape index (κ1) is 14.3. The predicted octanol–water partition coefficient (Wildman–Crippen LogP) is 2.66. The molecule has 0 aliphatic heterocycles. The lowest BCUT2D eigenvalue weighted by Gasteiger charge is -2.28. The van der Waals surface area contributed by atoms with Gasteiger partial charge < -0.3 is 10.4 Å². The van der Waals surface area contributed by atoms with Crippen molar-refractivity contribution >= 4 is 11.8 Å². The van der Waals surface area contributed by atoms with Gasteiger partial charge in [0.15, 0.2) is 0 Å². The Morgan fingerprint density at radius 2 is 2.12 bits per heavy atom. The van der Waals surface area contributed by atoms with Crippen LogP contribution in [-0.2, 0) is 0 Å². The number of thioether (sulfide) groups is 1. The molecule has 2 N–H and O–H groups in total. The molecule has 1 aliphatic rings. The van der Waals surface area contributed by atoms with Crippen molar-refractivity contribution in [2.24, 2.45) is 5.92 Å². The molecule has 2 nitrogen and oxygen atoms in total. The van der Waals surface area contributed by atoms with Crippen LogP contribution in [0.4, 0.5) is 0 Å². The number of hydrogen-bond donors (Lipinski definition) is 2. The van der Waals surface area contributed by atoms with Crippen molar-refractivity contribution in [2.75, 3.05) is 13.2 Å². The largest absolute Gasteiger partial charge is 0.394 e. The normalized spacial score (nSPS) is 32.2. The SMILES string of the molecule is CCNC1(CO)CCC(SC(C)C(C)C)C1. The van der Waals surface area contributed by atoms with E-state index in [2.05, 4.69) is 44.8 Å². The fraction of sp³-hybridized carbons (Fsp3) is 1.00. The van der Waals surface area contributed by atoms with Gasteiger partial charge in [0.2, 0.25) is 0 Å². The van der Waals surface area contributed by atoms with Crippen LogP contribution < -0.4 is 5.32 Å². The summed E-state index contributed by atoms with van der Waals surface area (Å²) in [6, 6.07) is 0. The summed E-state index contributed by atoms with van der Waals surface area (Å²) in [6.45, 7) is 10.3. The van der Waals surface area contributed by atoms with E-state index in [1.807, 2.05) is 0 Å². The number of rotatable bonds is 6. The van der Waals surface area contributed by atoms with E-state index >= 15 is 0 Å². The summed E-state index contributed by atoms with van der Waals surface area (Å²) < 4.78 is 0. The molecule has 0 bridgehead atoms. The molecule has 0 heterocycles. The summed E-state index contributed by atoms with van der Waals surface area (Å²) in [5, 5.41) is 14.5. The van der Waals surface area contributed by atoms with Gasteiger partial charge in [0.05, 0.1) is 6.61 Å². The van der Waals surface area contributed by atoms with Gasteiger partial charge in [0.25, 0.3) is 0 Å². The zero-order chi connectivity index (χ0) is 12.2. The van der Waals surface area contributed by atoms with Gasteiger partial charge in [-0.05, 0) is 31.7 Å². The minimum Gasteiger partial charge on any atom is -0.394 e. The lowest BCUT2D eigenvalue weighted by Crippen LogP contribution is -2.46. The summed E-state index contributed by atoms with van der Waals surface area (Å²) >= 11 is 2.11. The molecule has 3 unspecified atom stereocenters. The third kappa shape index (κ3) is 3.64. The van der Waals surface area contributed by atoms with Gasteiger partial charge >= 0.3 is 0 Å². The van der Waals surface area contributed by atoms with Crippen molar-refractivity contribution in [3.8, 4) is 0 Å². The molecular weight excluding hydrogens is 218 g/mol. The maximum atomic E-state index is 9.54. The van der Waals surface area contributed by atoms with Crippen molar-refractivity contribution in [1.82, 2.24) is 5.32 Å². The summed E-state index contributed by atoms with van der Waals surface area (Å²) in [7, 11) is 0. The van der Waals surface area contributed by atoms with E-state index in [9.17, 15) is 5.11 Å². The van der Waals surface area contributed by atoms with Crippen molar-refractivity contribution in [3.05, 3.63) is 0 Å². The molecule has 96 valence electrons. The second-order valence-electron chi connectivity index (χ2n) is 5.42. The maximum absolute atomic E-state index is 9.54. The lowest BCUT2D eigenvalue weighted by atomic mass is 9.99. The Kier molecular flexibility index (Phi) is 5.62. The standard InChI is InChI=1S/C13H27NOS/c1-5-14-13(9-15)7-6-12(8-13)16-11(4)10(2)3/h10-12,14-15H,5-9H2,1-4H3. The fourth-order valence-corrected chi connectivity index (χ4v) is 3.98. The third-order valence-corrected chi connectivity index (χ3v) is 5.52. The van der Waals surface area contributed by atoms with E-state index in [4.69, 9.17) is 0 Å². The average molecular weight is 245 g/mol. The van der Waals surface area contributed by atoms with Crippen LogP contribution in [0.15, 0.2) is 0 Å². The van der Waals surface area contributed by atoms with Crippen molar-refractivity contribution in [1.29, 1.82) is 0 Å². The van der Waals surface area contributed by atoms with Gasteiger partial charge in [-0.25, -0.2) is 0 Å². The average Bonchev–Trinajstić information content (AvgIpc) is 2.63. The molecule has 1 aliphatic carbocycles. The Balaban J connectivity index is 2.44. The highest BCUT2D eigenvalue weighted by atomic mass is 32.2. The Bertz CT molecular complexity index is 210. The van der Waals surface area contributed by atoms with Gasteiger partial charge in [0.1, 0.15) is 0 Å². The van der Waals surface area contributed by atoms with Crippen LogP contribution in [-0.4, -0.2) is 34.3 Å². The second-order valence-corrected chi connectivity index (χ2v) is 7.10. The molecule has 0 amide bonds. The zero-order valence-electron chi connectivity index (χ0n) is 11.1. The van der Waals surface area contributed by atoms with Crippen molar-refractivity contribution in [3.63, 3.8) is 0 Å². The first-order valence-corrected chi connectivity index (χ1v) is 7.48. The molecule has 3 heteroatoms. The molecule has 0 saturated heterocycles. The highest BCUT2D eigenvalue weighted by molar-refractivity contribution is 8.00. The molecule has 0 spiro atoms. The van der Waals surface area contributed by atoms with Crippen LogP contribution in [0.2, 0.25) is 0 Å². The molecule has 0 aromatic rings. The topological polar surface area (TPSA) is 32.3 Å². The molecule has 16 heavy (non-hydrogen) atoms. The van der Waals surface area contributed by atoms with E-state index in [1.54, 1.807) is 0 Å². The molecule has 0 aromatic carbocycles. The van der Waals surface area contributed by atoms with Gasteiger partial charge in [-0.15, -0.1) is 0 Å². The number of hydrogen-bond acceptors (Lipinski definition) is 3. The zero-order valence-corrected chi connectivity index (χ0v) is 11.9. The highest BCUT2D eigenvalue weighted by Crippen LogP contribution is 2.39. The minimum absolute atomic E-state index is 0.0170. The summed E-state index contributed by atoms with van der Waals surface area (Å²) in [4.78, 5) is 0. The van der Waals surface area contributed by atoms with Crippen LogP contribution in [0.25, 0.3) is 0 Å². The molecular formula is C13H27NOS. The van der Waals surface area contributed by atoms with E-state index in [-0.39, 0.29) is 12.1 Å². The molecule has 0 aromatic heterocycles. The van der Waals surface area contributed by atoms with Gasteiger partial charge in [0, 0.05) is 16.0 Å². The van der Waals surface area contributed by atoms with Gasteiger partial charge in [-0.2, -0.15) is 11.8 Å². The molecule has 1 saturated carbocycles. The van der Waals surface area contributed by atoms with Crippen molar-refractivity contribution < 1.29 is 5.11 Å². The first-order chi connectivity index (χ1) is 7.53. The molecule has 1 fully saturated rings. The number of aliphatic hydroxyl groups is 1. The fourth-order valence-electron chi connectivity index (χ4n) is 2.39. The second kappa shape index (κ2) is 6.27. The Hall–Kier alpha value is 0.270. The molecule has 0 radical (unpaired) electrons. The number of aliphatic hydroxyl groups excluding tert-OH is 1. The van der Waals surface area contributed by atoms with E-state index in [0.717, 1.165) is 35.8 Å². The number of nitrogens with one attached hydrogen (secondary N) is 1. The van der Waals surface area contributed by atoms with E-state index in [1.165, 1.54) is 6.42 Å². The Labute approximate surface area is 105 Å². The van der Waals surface area contributed by atoms with Crippen LogP contribution in [0.5, 0.6) is 0 Å². The smallest absolute Gasteiger partial charge is 0.0613 e. The maximum Gasteiger partial charge on any atom is 0.0613 e. The molecule has 3 atom stereocenters. The van der Waals surface area contributed by atoms with Crippen LogP contribution in [0.3, 0.4) is 0 Å². The van der Waals surface area contributed by atoms with Gasteiger partial charge in [-0.1, -0.05) is 27.7 Å². The lowest BCUT2D eigenvalue weighted by molar-refractivity contribution is 0.167. The van der Waals surface area contributed by atoms with E-state index in [0.29, 0.717) is 0 Å². The van der Waals surface area contributed by atoms with Crippen LogP contribution in [0, 0.1) is 5.92 Å². The van der Waals surface area contributed by atoms with Crippen LogP contribution in [0.1, 0.15) is 47.0 Å². The first-order valence-electron chi connectivity index (χ1n) is 6.54. The highest BCUT2D eigenvalue weighted by Gasteiger charge is 2.38. The molecule has 1 rings (SSSR count). The summed E-state index contributed by atoms with van der Waals surface area (Å²) in [6.07, 6.45) is 3.49. The summed E-state index contributed by atoms with van der Waals surface area (Å²) in [5.41, 5.74) is 0.0170. The Morgan fingerprint density at radius 1 is 1.44 bits per heavy atom. The van der Waals surface area contributed by atoms with Crippen LogP contribution >= 0.6 is 11.8 Å². The monoisotopic (exact) mass is 245 g/mol. The van der Waals surface area contributed by atoms with Crippen molar-refractivity contribution in [2.45, 2.75) is 63.0 Å². The predicted molar refractivity (Wildman–Crippen MR) is 73.0 cm³/mol. The van der Waals surface area contributed by atoms with Gasteiger partial charge in [-0.3, -0.25) is 0 Å². The summed E-state index contributed by atoms with van der Waals surface area (Å²) in [5.74, 6) is 0.744.